The van der Waals surface area contributed by atoms with Crippen LogP contribution in [0.15, 0.2) is 24.3 Å². The highest BCUT2D eigenvalue weighted by molar-refractivity contribution is 7.92. The van der Waals surface area contributed by atoms with Crippen LogP contribution >= 0.6 is 0 Å². The molecule has 0 aliphatic heterocycles. The summed E-state index contributed by atoms with van der Waals surface area (Å²) in [6.07, 6.45) is 2.20. The van der Waals surface area contributed by atoms with Gasteiger partial charge in [-0.05, 0) is 17.7 Å². The maximum atomic E-state index is 10.9. The molecule has 4 nitrogen and oxygen atoms in total. The molecule has 0 saturated carbocycles. The van der Waals surface area contributed by atoms with Gasteiger partial charge in [-0.15, -0.1) is 0 Å². The second-order valence-corrected chi connectivity index (χ2v) is 3.96. The fourth-order valence-corrected chi connectivity index (χ4v) is 1.51. The molecule has 0 fully saturated rings. The monoisotopic (exact) mass is 212 g/mol. The van der Waals surface area contributed by atoms with Crippen molar-refractivity contribution in [3.8, 4) is 0 Å². The van der Waals surface area contributed by atoms with Gasteiger partial charge in [0.2, 0.25) is 0 Å². The number of carbonyl (C=O) groups excluding carboxylic acids is 1. The maximum absolute atomic E-state index is 10.9. The lowest BCUT2D eigenvalue weighted by Gasteiger charge is -2.09. The van der Waals surface area contributed by atoms with Crippen molar-refractivity contribution in [3.63, 3.8) is 0 Å². The third-order valence-corrected chi connectivity index (χ3v) is 2.20. The number of hydrogen-bond donors (Lipinski definition) is 2. The SMILES string of the molecule is C[S+]([O-])Nc1cccc([C@@H](N)C=O)c1. The Kier molecular flexibility index (Phi) is 3.94. The van der Waals surface area contributed by atoms with Crippen molar-refractivity contribution in [2.45, 2.75) is 6.04 Å². The number of nitrogens with one attached hydrogen (secondary N) is 1. The summed E-state index contributed by atoms with van der Waals surface area (Å²) >= 11 is -1.12. The Balaban J connectivity index is 2.83. The maximum Gasteiger partial charge on any atom is 0.141 e. The first-order valence-corrected chi connectivity index (χ1v) is 5.60. The predicted octanol–water partition coefficient (Wildman–Crippen LogP) is 0.591. The Labute approximate surface area is 85.8 Å². The Morgan fingerprint density at radius 3 is 2.93 bits per heavy atom. The number of benzene rings is 1. The summed E-state index contributed by atoms with van der Waals surface area (Å²) in [5.41, 5.74) is 6.92. The van der Waals surface area contributed by atoms with Gasteiger partial charge in [0.1, 0.15) is 12.5 Å². The zero-order valence-corrected chi connectivity index (χ0v) is 8.58. The molecule has 0 bridgehead atoms. The molecule has 0 aromatic heterocycles. The lowest BCUT2D eigenvalue weighted by molar-refractivity contribution is -0.109. The molecule has 1 unspecified atom stereocenters. The van der Waals surface area contributed by atoms with Gasteiger partial charge in [-0.1, -0.05) is 12.1 Å². The topological polar surface area (TPSA) is 78.2 Å². The van der Waals surface area contributed by atoms with E-state index in [2.05, 4.69) is 4.72 Å². The van der Waals surface area contributed by atoms with Crippen LogP contribution in [0, 0.1) is 0 Å². The Morgan fingerprint density at radius 1 is 1.64 bits per heavy atom. The number of carbonyl (C=O) groups is 1. The summed E-state index contributed by atoms with van der Waals surface area (Å²) < 4.78 is 13.6. The number of aldehydes is 1. The second-order valence-electron chi connectivity index (χ2n) is 2.84. The third-order valence-electron chi connectivity index (χ3n) is 1.68. The van der Waals surface area contributed by atoms with Crippen molar-refractivity contribution in [1.29, 1.82) is 0 Å². The standard InChI is InChI=1S/C9H12N2O2S/c1-14(13)11-8-4-2-3-7(5-8)9(10)6-12/h2-6,9,11H,10H2,1H3/t9-,14?/m0/s1. The molecular formula is C9H12N2O2S. The zero-order valence-electron chi connectivity index (χ0n) is 7.77. The van der Waals surface area contributed by atoms with Crippen molar-refractivity contribution < 1.29 is 9.35 Å². The third kappa shape index (κ3) is 3.02. The van der Waals surface area contributed by atoms with Gasteiger partial charge < -0.3 is 15.1 Å². The number of nitrogens with two attached hydrogens (primary N) is 1. The lowest BCUT2D eigenvalue weighted by Crippen LogP contribution is -2.13. The van der Waals surface area contributed by atoms with Gasteiger partial charge in [0.05, 0.1) is 23.1 Å². The molecule has 1 aromatic rings. The van der Waals surface area contributed by atoms with Crippen LogP contribution < -0.4 is 10.5 Å². The van der Waals surface area contributed by atoms with E-state index in [1.165, 1.54) is 6.26 Å². The van der Waals surface area contributed by atoms with Crippen LogP contribution in [0.2, 0.25) is 0 Å². The van der Waals surface area contributed by atoms with Gasteiger partial charge in [-0.25, -0.2) is 4.72 Å². The van der Waals surface area contributed by atoms with Crippen LogP contribution in [-0.2, 0) is 16.2 Å². The Hall–Kier alpha value is -1.04. The molecule has 0 heterocycles. The quantitative estimate of drug-likeness (QED) is 0.565. The van der Waals surface area contributed by atoms with E-state index in [9.17, 15) is 9.35 Å². The molecule has 2 atom stereocenters. The van der Waals surface area contributed by atoms with E-state index < -0.39 is 17.4 Å². The van der Waals surface area contributed by atoms with Crippen molar-refractivity contribution in [2.24, 2.45) is 5.73 Å². The van der Waals surface area contributed by atoms with Gasteiger partial charge in [0, 0.05) is 0 Å². The molecule has 0 radical (unpaired) electrons. The zero-order chi connectivity index (χ0) is 10.6. The first-order valence-electron chi connectivity index (χ1n) is 4.04. The lowest BCUT2D eigenvalue weighted by atomic mass is 10.1. The molecule has 5 heteroatoms. The van der Waals surface area contributed by atoms with Crippen LogP contribution in [0.1, 0.15) is 11.6 Å². The molecule has 0 aliphatic carbocycles. The summed E-state index contributed by atoms with van der Waals surface area (Å²) in [4.78, 5) is 10.4. The van der Waals surface area contributed by atoms with Gasteiger partial charge in [0.25, 0.3) is 0 Å². The van der Waals surface area contributed by atoms with Crippen molar-refractivity contribution >= 4 is 23.3 Å². The first kappa shape index (κ1) is 11.0. The van der Waals surface area contributed by atoms with Crippen molar-refractivity contribution in [3.05, 3.63) is 29.8 Å². The molecule has 0 amide bonds. The largest absolute Gasteiger partial charge is 0.593 e. The summed E-state index contributed by atoms with van der Waals surface area (Å²) in [6, 6.07) is 6.36. The number of anilines is 1. The van der Waals surface area contributed by atoms with Crippen LogP contribution in [-0.4, -0.2) is 17.1 Å². The fourth-order valence-electron chi connectivity index (χ4n) is 1.05. The summed E-state index contributed by atoms with van der Waals surface area (Å²) in [5, 5.41) is 0. The normalized spacial score (nSPS) is 14.5. The second kappa shape index (κ2) is 4.99. The molecule has 0 spiro atoms. The minimum atomic E-state index is -1.12. The average molecular weight is 212 g/mol. The molecule has 0 saturated heterocycles. The molecule has 0 aliphatic rings. The highest BCUT2D eigenvalue weighted by atomic mass is 32.2. The minimum absolute atomic E-state index is 0.623. The predicted molar refractivity (Wildman–Crippen MR) is 57.1 cm³/mol. The summed E-state index contributed by atoms with van der Waals surface area (Å²) in [5.74, 6) is 0. The van der Waals surface area contributed by atoms with E-state index in [1.54, 1.807) is 24.3 Å². The number of rotatable bonds is 4. The first-order chi connectivity index (χ1) is 6.63. The van der Waals surface area contributed by atoms with E-state index in [1.807, 2.05) is 0 Å². The molecule has 3 N–H and O–H groups in total. The van der Waals surface area contributed by atoms with Gasteiger partial charge >= 0.3 is 0 Å². The molecule has 1 rings (SSSR count). The van der Waals surface area contributed by atoms with Crippen LogP contribution in [0.25, 0.3) is 0 Å². The molecule has 76 valence electrons. The van der Waals surface area contributed by atoms with E-state index in [0.29, 0.717) is 17.5 Å². The Bertz CT molecular complexity index is 317. The van der Waals surface area contributed by atoms with Gasteiger partial charge in [0.15, 0.2) is 0 Å². The van der Waals surface area contributed by atoms with Crippen molar-refractivity contribution in [1.82, 2.24) is 0 Å². The minimum Gasteiger partial charge on any atom is -0.593 e. The van der Waals surface area contributed by atoms with E-state index >= 15 is 0 Å². The highest BCUT2D eigenvalue weighted by Crippen LogP contribution is 2.15. The van der Waals surface area contributed by atoms with Crippen LogP contribution in [0.4, 0.5) is 5.69 Å². The molecule has 14 heavy (non-hydrogen) atoms. The van der Waals surface area contributed by atoms with E-state index in [-0.39, 0.29) is 0 Å². The summed E-state index contributed by atoms with van der Waals surface area (Å²) in [7, 11) is 0. The van der Waals surface area contributed by atoms with Gasteiger partial charge in [-0.3, -0.25) is 0 Å². The van der Waals surface area contributed by atoms with Crippen molar-refractivity contribution in [2.75, 3.05) is 11.0 Å². The summed E-state index contributed by atoms with van der Waals surface area (Å²) in [6.45, 7) is 0. The van der Waals surface area contributed by atoms with E-state index in [4.69, 9.17) is 5.73 Å². The smallest absolute Gasteiger partial charge is 0.141 e. The fraction of sp³-hybridized carbons (Fsp3) is 0.222. The number of hydrogen-bond acceptors (Lipinski definition) is 4. The van der Waals surface area contributed by atoms with Crippen LogP contribution in [0.3, 0.4) is 0 Å². The highest BCUT2D eigenvalue weighted by Gasteiger charge is 2.05. The average Bonchev–Trinajstić information content (AvgIpc) is 2.16. The van der Waals surface area contributed by atoms with Gasteiger partial charge in [-0.2, -0.15) is 0 Å². The Morgan fingerprint density at radius 2 is 2.36 bits per heavy atom. The molecular weight excluding hydrogens is 200 g/mol. The van der Waals surface area contributed by atoms with E-state index in [0.717, 1.165) is 0 Å². The molecule has 1 aromatic carbocycles. The van der Waals surface area contributed by atoms with Crippen LogP contribution in [0.5, 0.6) is 0 Å².